The summed E-state index contributed by atoms with van der Waals surface area (Å²) in [5.41, 5.74) is 7.25. The maximum absolute atomic E-state index is 13.1. The lowest BCUT2D eigenvalue weighted by molar-refractivity contribution is 0.627. The van der Waals surface area contributed by atoms with Gasteiger partial charge in [-0.25, -0.2) is 9.37 Å². The van der Waals surface area contributed by atoms with Crippen molar-refractivity contribution in [3.8, 4) is 0 Å². The van der Waals surface area contributed by atoms with Crippen LogP contribution in [-0.4, -0.2) is 23.1 Å². The maximum atomic E-state index is 13.1. The molecule has 0 spiro atoms. The first-order valence-electron chi connectivity index (χ1n) is 5.86. The van der Waals surface area contributed by atoms with Crippen molar-refractivity contribution in [2.75, 3.05) is 18.5 Å². The second kappa shape index (κ2) is 5.64. The number of aromatic nitrogens is 2. The van der Waals surface area contributed by atoms with E-state index in [1.54, 1.807) is 12.4 Å². The predicted molar refractivity (Wildman–Crippen MR) is 69.8 cm³/mol. The summed E-state index contributed by atoms with van der Waals surface area (Å²) in [5.74, 6) is -0.229. The lowest BCUT2D eigenvalue weighted by atomic mass is 10.3. The standard InChI is InChI=1S/C13H17FN4/c1-17(13-4-2-3-11(14)7-13)8-12-9-18(6-5-15)10-16-12/h2-4,7,9-10H,5-6,8,15H2,1H3. The van der Waals surface area contributed by atoms with E-state index in [9.17, 15) is 4.39 Å². The molecule has 18 heavy (non-hydrogen) atoms. The van der Waals surface area contributed by atoms with Crippen molar-refractivity contribution in [1.82, 2.24) is 9.55 Å². The highest BCUT2D eigenvalue weighted by molar-refractivity contribution is 5.45. The molecule has 0 unspecified atom stereocenters. The second-order valence-electron chi connectivity index (χ2n) is 4.23. The molecule has 0 fully saturated rings. The van der Waals surface area contributed by atoms with E-state index < -0.39 is 0 Å². The average molecular weight is 248 g/mol. The average Bonchev–Trinajstić information content (AvgIpc) is 2.77. The molecule has 0 amide bonds. The lowest BCUT2D eigenvalue weighted by Gasteiger charge is -2.17. The normalized spacial score (nSPS) is 10.6. The number of rotatable bonds is 5. The van der Waals surface area contributed by atoms with E-state index >= 15 is 0 Å². The Morgan fingerprint density at radius 3 is 3.00 bits per heavy atom. The Kier molecular flexibility index (Phi) is 3.94. The smallest absolute Gasteiger partial charge is 0.125 e. The summed E-state index contributed by atoms with van der Waals surface area (Å²) >= 11 is 0. The summed E-state index contributed by atoms with van der Waals surface area (Å²) in [6.07, 6.45) is 3.73. The van der Waals surface area contributed by atoms with E-state index in [-0.39, 0.29) is 5.82 Å². The molecule has 1 aromatic heterocycles. The van der Waals surface area contributed by atoms with Crippen LogP contribution in [0.25, 0.3) is 0 Å². The Labute approximate surface area is 106 Å². The summed E-state index contributed by atoms with van der Waals surface area (Å²) in [7, 11) is 1.91. The predicted octanol–water partition coefficient (Wildman–Crippen LogP) is 1.62. The van der Waals surface area contributed by atoms with Gasteiger partial charge < -0.3 is 15.2 Å². The molecule has 2 aromatic rings. The largest absolute Gasteiger partial charge is 0.369 e. The van der Waals surface area contributed by atoms with Crippen molar-refractivity contribution in [2.45, 2.75) is 13.1 Å². The minimum absolute atomic E-state index is 0.229. The van der Waals surface area contributed by atoms with Crippen LogP contribution >= 0.6 is 0 Å². The van der Waals surface area contributed by atoms with Gasteiger partial charge in [0.05, 0.1) is 18.6 Å². The Hall–Kier alpha value is -1.88. The highest BCUT2D eigenvalue weighted by atomic mass is 19.1. The van der Waals surface area contributed by atoms with Crippen molar-refractivity contribution < 1.29 is 4.39 Å². The second-order valence-corrected chi connectivity index (χ2v) is 4.23. The fourth-order valence-corrected chi connectivity index (χ4v) is 1.81. The van der Waals surface area contributed by atoms with Crippen LogP contribution in [0.2, 0.25) is 0 Å². The number of hydrogen-bond acceptors (Lipinski definition) is 3. The van der Waals surface area contributed by atoms with Gasteiger partial charge in [0, 0.05) is 32.0 Å². The minimum Gasteiger partial charge on any atom is -0.369 e. The van der Waals surface area contributed by atoms with E-state index in [1.807, 2.05) is 28.8 Å². The molecule has 0 aliphatic carbocycles. The van der Waals surface area contributed by atoms with Crippen molar-refractivity contribution in [3.63, 3.8) is 0 Å². The number of halogens is 1. The Morgan fingerprint density at radius 2 is 2.28 bits per heavy atom. The van der Waals surface area contributed by atoms with Crippen LogP contribution in [0.15, 0.2) is 36.8 Å². The van der Waals surface area contributed by atoms with E-state index in [0.29, 0.717) is 13.1 Å². The summed E-state index contributed by atoms with van der Waals surface area (Å²) in [4.78, 5) is 6.25. The Balaban J connectivity index is 2.04. The number of hydrogen-bond donors (Lipinski definition) is 1. The molecular formula is C13H17FN4. The molecule has 0 aliphatic heterocycles. The van der Waals surface area contributed by atoms with Crippen molar-refractivity contribution in [3.05, 3.63) is 48.3 Å². The highest BCUT2D eigenvalue weighted by Crippen LogP contribution is 2.15. The lowest BCUT2D eigenvalue weighted by Crippen LogP contribution is -2.16. The summed E-state index contributed by atoms with van der Waals surface area (Å²) in [6, 6.07) is 6.53. The fourth-order valence-electron chi connectivity index (χ4n) is 1.81. The van der Waals surface area contributed by atoms with Crippen LogP contribution < -0.4 is 10.6 Å². The van der Waals surface area contributed by atoms with Crippen LogP contribution in [0.1, 0.15) is 5.69 Å². The molecule has 1 aromatic carbocycles. The molecule has 1 heterocycles. The molecule has 2 rings (SSSR count). The number of nitrogens with zero attached hydrogens (tertiary/aromatic N) is 3. The molecule has 4 nitrogen and oxygen atoms in total. The third-order valence-electron chi connectivity index (χ3n) is 2.72. The Morgan fingerprint density at radius 1 is 1.44 bits per heavy atom. The number of benzene rings is 1. The van der Waals surface area contributed by atoms with Crippen molar-refractivity contribution >= 4 is 5.69 Å². The van der Waals surface area contributed by atoms with Crippen molar-refractivity contribution in [2.24, 2.45) is 5.73 Å². The molecular weight excluding hydrogens is 231 g/mol. The van der Waals surface area contributed by atoms with Crippen LogP contribution in [0.5, 0.6) is 0 Å². The molecule has 96 valence electrons. The van der Waals surface area contributed by atoms with Crippen LogP contribution in [-0.2, 0) is 13.1 Å². The first-order chi connectivity index (χ1) is 8.69. The monoisotopic (exact) mass is 248 g/mol. The zero-order valence-corrected chi connectivity index (χ0v) is 10.4. The molecule has 0 saturated carbocycles. The van der Waals surface area contributed by atoms with Crippen LogP contribution in [0.3, 0.4) is 0 Å². The zero-order valence-electron chi connectivity index (χ0n) is 10.4. The maximum Gasteiger partial charge on any atom is 0.125 e. The van der Waals surface area contributed by atoms with Gasteiger partial charge in [0.25, 0.3) is 0 Å². The summed E-state index contributed by atoms with van der Waals surface area (Å²) in [6.45, 7) is 1.99. The molecule has 0 saturated heterocycles. The topological polar surface area (TPSA) is 47.1 Å². The van der Waals surface area contributed by atoms with Gasteiger partial charge in [-0.1, -0.05) is 6.07 Å². The molecule has 0 radical (unpaired) electrons. The Bertz CT molecular complexity index is 509. The number of imidazole rings is 1. The number of anilines is 1. The van der Waals surface area contributed by atoms with E-state index in [0.717, 1.165) is 17.9 Å². The SMILES string of the molecule is CN(Cc1cn(CCN)cn1)c1cccc(F)c1. The molecule has 0 bridgehead atoms. The first kappa shape index (κ1) is 12.6. The van der Waals surface area contributed by atoms with Gasteiger partial charge in [-0.2, -0.15) is 0 Å². The number of nitrogens with two attached hydrogens (primary N) is 1. The van der Waals surface area contributed by atoms with Gasteiger partial charge in [-0.05, 0) is 18.2 Å². The van der Waals surface area contributed by atoms with Crippen LogP contribution in [0, 0.1) is 5.82 Å². The molecule has 0 atom stereocenters. The van der Waals surface area contributed by atoms with Crippen molar-refractivity contribution in [1.29, 1.82) is 0 Å². The summed E-state index contributed by atoms with van der Waals surface area (Å²) in [5, 5.41) is 0. The minimum atomic E-state index is -0.229. The van der Waals surface area contributed by atoms with Gasteiger partial charge in [-0.15, -0.1) is 0 Å². The van der Waals surface area contributed by atoms with Gasteiger partial charge in [0.15, 0.2) is 0 Å². The molecule has 0 aliphatic rings. The van der Waals surface area contributed by atoms with Gasteiger partial charge in [0.2, 0.25) is 0 Å². The van der Waals surface area contributed by atoms with Gasteiger partial charge in [-0.3, -0.25) is 0 Å². The molecule has 2 N–H and O–H groups in total. The zero-order chi connectivity index (χ0) is 13.0. The third kappa shape index (κ3) is 3.07. The third-order valence-corrected chi connectivity index (χ3v) is 2.72. The van der Waals surface area contributed by atoms with Gasteiger partial charge in [0.1, 0.15) is 5.82 Å². The molecule has 5 heteroatoms. The first-order valence-corrected chi connectivity index (χ1v) is 5.86. The quantitative estimate of drug-likeness (QED) is 0.874. The van der Waals surface area contributed by atoms with E-state index in [4.69, 9.17) is 5.73 Å². The van der Waals surface area contributed by atoms with E-state index in [2.05, 4.69) is 4.98 Å². The van der Waals surface area contributed by atoms with E-state index in [1.165, 1.54) is 12.1 Å². The highest BCUT2D eigenvalue weighted by Gasteiger charge is 2.05. The fraction of sp³-hybridized carbons (Fsp3) is 0.308. The van der Waals surface area contributed by atoms with Gasteiger partial charge >= 0.3 is 0 Å². The van der Waals surface area contributed by atoms with Crippen LogP contribution in [0.4, 0.5) is 10.1 Å². The summed E-state index contributed by atoms with van der Waals surface area (Å²) < 4.78 is 15.1.